The van der Waals surface area contributed by atoms with Gasteiger partial charge in [-0.3, -0.25) is 0 Å². The minimum Gasteiger partial charge on any atom is -0.369 e. The number of hydrogen-bond donors (Lipinski definition) is 1. The molecule has 0 bridgehead atoms. The molecule has 0 saturated carbocycles. The third-order valence-corrected chi connectivity index (χ3v) is 4.48. The summed E-state index contributed by atoms with van der Waals surface area (Å²) in [4.78, 5) is 9.32. The Kier molecular flexibility index (Phi) is 6.18. The molecule has 1 N–H and O–H groups in total. The SMILES string of the molecule is CCCNc1nc(Cc2ccc(Br)cc2)nc(CC)c1Br. The number of hydrogen-bond acceptors (Lipinski definition) is 3. The third-order valence-electron chi connectivity index (χ3n) is 3.12. The second-order valence-corrected chi connectivity index (χ2v) is 6.54. The first-order chi connectivity index (χ1) is 10.1. The summed E-state index contributed by atoms with van der Waals surface area (Å²) in [6.07, 6.45) is 2.70. The highest BCUT2D eigenvalue weighted by Gasteiger charge is 2.11. The molecule has 2 aromatic rings. The molecule has 0 aliphatic heterocycles. The van der Waals surface area contributed by atoms with Gasteiger partial charge in [-0.15, -0.1) is 0 Å². The molecule has 5 heteroatoms. The van der Waals surface area contributed by atoms with Crippen molar-refractivity contribution in [3.8, 4) is 0 Å². The number of benzene rings is 1. The fraction of sp³-hybridized carbons (Fsp3) is 0.375. The lowest BCUT2D eigenvalue weighted by atomic mass is 10.1. The average Bonchev–Trinajstić information content (AvgIpc) is 2.49. The zero-order valence-corrected chi connectivity index (χ0v) is 15.5. The smallest absolute Gasteiger partial charge is 0.144 e. The van der Waals surface area contributed by atoms with Crippen LogP contribution in [-0.2, 0) is 12.8 Å². The number of nitrogens with zero attached hydrogens (tertiary/aromatic N) is 2. The van der Waals surface area contributed by atoms with Crippen molar-refractivity contribution >= 4 is 37.7 Å². The first-order valence-corrected chi connectivity index (χ1v) is 8.76. The molecule has 0 unspecified atom stereocenters. The Morgan fingerprint density at radius 2 is 1.76 bits per heavy atom. The van der Waals surface area contributed by atoms with Crippen LogP contribution in [0.5, 0.6) is 0 Å². The van der Waals surface area contributed by atoms with Gasteiger partial charge in [-0.1, -0.05) is 41.9 Å². The van der Waals surface area contributed by atoms with Crippen molar-refractivity contribution in [2.45, 2.75) is 33.1 Å². The van der Waals surface area contributed by atoms with Gasteiger partial charge in [0.25, 0.3) is 0 Å². The molecular formula is C16H19Br2N3. The van der Waals surface area contributed by atoms with Crippen LogP contribution in [0.3, 0.4) is 0 Å². The van der Waals surface area contributed by atoms with E-state index in [0.29, 0.717) is 0 Å². The maximum atomic E-state index is 4.67. The fourth-order valence-corrected chi connectivity index (χ4v) is 2.87. The van der Waals surface area contributed by atoms with E-state index in [-0.39, 0.29) is 0 Å². The Morgan fingerprint density at radius 3 is 2.38 bits per heavy atom. The van der Waals surface area contributed by atoms with Gasteiger partial charge < -0.3 is 5.32 Å². The molecule has 0 fully saturated rings. The molecule has 0 aliphatic rings. The highest BCUT2D eigenvalue weighted by Crippen LogP contribution is 2.25. The minimum absolute atomic E-state index is 0.744. The predicted molar refractivity (Wildman–Crippen MR) is 94.8 cm³/mol. The quantitative estimate of drug-likeness (QED) is 0.727. The molecule has 0 aliphatic carbocycles. The summed E-state index contributed by atoms with van der Waals surface area (Å²) >= 11 is 7.06. The highest BCUT2D eigenvalue weighted by molar-refractivity contribution is 9.11. The predicted octanol–water partition coefficient (Wildman–Crippen LogP) is 4.98. The standard InChI is InChI=1S/C16H19Br2N3/c1-3-9-19-16-15(18)13(4-2)20-14(21-16)10-11-5-7-12(17)8-6-11/h5-8H,3-4,9-10H2,1-2H3,(H,19,20,21). The number of nitrogens with one attached hydrogen (secondary N) is 1. The molecule has 1 heterocycles. The van der Waals surface area contributed by atoms with Crippen molar-refractivity contribution in [3.63, 3.8) is 0 Å². The van der Waals surface area contributed by atoms with Crippen molar-refractivity contribution in [2.75, 3.05) is 11.9 Å². The van der Waals surface area contributed by atoms with Gasteiger partial charge in [0.2, 0.25) is 0 Å². The van der Waals surface area contributed by atoms with E-state index in [0.717, 1.165) is 52.1 Å². The van der Waals surface area contributed by atoms with Crippen molar-refractivity contribution in [1.82, 2.24) is 9.97 Å². The summed E-state index contributed by atoms with van der Waals surface area (Å²) in [6, 6.07) is 8.29. The molecule has 0 saturated heterocycles. The zero-order chi connectivity index (χ0) is 15.2. The van der Waals surface area contributed by atoms with Gasteiger partial charge in [-0.2, -0.15) is 0 Å². The van der Waals surface area contributed by atoms with E-state index in [1.165, 1.54) is 5.56 Å². The van der Waals surface area contributed by atoms with Gasteiger partial charge >= 0.3 is 0 Å². The van der Waals surface area contributed by atoms with Gasteiger partial charge in [-0.25, -0.2) is 9.97 Å². The van der Waals surface area contributed by atoms with Gasteiger partial charge in [0.15, 0.2) is 0 Å². The van der Waals surface area contributed by atoms with E-state index in [9.17, 15) is 0 Å². The van der Waals surface area contributed by atoms with Gasteiger partial charge in [0, 0.05) is 17.4 Å². The van der Waals surface area contributed by atoms with Gasteiger partial charge in [0.05, 0.1) is 10.2 Å². The molecule has 2 rings (SSSR count). The Labute approximate surface area is 142 Å². The number of halogens is 2. The first kappa shape index (κ1) is 16.4. The van der Waals surface area contributed by atoms with Crippen molar-refractivity contribution in [3.05, 3.63) is 50.3 Å². The molecule has 1 aromatic carbocycles. The Balaban J connectivity index is 2.27. The molecule has 0 atom stereocenters. The molecule has 3 nitrogen and oxygen atoms in total. The monoisotopic (exact) mass is 411 g/mol. The minimum atomic E-state index is 0.744. The van der Waals surface area contributed by atoms with Gasteiger partial charge in [-0.05, 0) is 46.5 Å². The number of aromatic nitrogens is 2. The van der Waals surface area contributed by atoms with Crippen LogP contribution < -0.4 is 5.32 Å². The van der Waals surface area contributed by atoms with Crippen LogP contribution >= 0.6 is 31.9 Å². The first-order valence-electron chi connectivity index (χ1n) is 7.17. The van der Waals surface area contributed by atoms with Crippen LogP contribution in [0.15, 0.2) is 33.2 Å². The second-order valence-electron chi connectivity index (χ2n) is 4.83. The largest absolute Gasteiger partial charge is 0.369 e. The lowest BCUT2D eigenvalue weighted by Gasteiger charge is -2.12. The topological polar surface area (TPSA) is 37.8 Å². The van der Waals surface area contributed by atoms with Gasteiger partial charge in [0.1, 0.15) is 11.6 Å². The summed E-state index contributed by atoms with van der Waals surface area (Å²) < 4.78 is 2.07. The Hall–Kier alpha value is -0.940. The van der Waals surface area contributed by atoms with E-state index in [4.69, 9.17) is 0 Å². The summed E-state index contributed by atoms with van der Waals surface area (Å²) in [5, 5.41) is 3.37. The molecule has 0 radical (unpaired) electrons. The molecule has 21 heavy (non-hydrogen) atoms. The van der Waals surface area contributed by atoms with Crippen molar-refractivity contribution in [2.24, 2.45) is 0 Å². The van der Waals surface area contributed by atoms with E-state index in [1.54, 1.807) is 0 Å². The lowest BCUT2D eigenvalue weighted by Crippen LogP contribution is -2.09. The highest BCUT2D eigenvalue weighted by atomic mass is 79.9. The average molecular weight is 413 g/mol. The maximum Gasteiger partial charge on any atom is 0.144 e. The molecule has 0 spiro atoms. The molecular weight excluding hydrogens is 394 g/mol. The van der Waals surface area contributed by atoms with Crippen LogP contribution in [0.4, 0.5) is 5.82 Å². The van der Waals surface area contributed by atoms with Crippen molar-refractivity contribution in [1.29, 1.82) is 0 Å². The summed E-state index contributed by atoms with van der Waals surface area (Å²) in [6.45, 7) is 5.17. The van der Waals surface area contributed by atoms with Crippen LogP contribution in [-0.4, -0.2) is 16.5 Å². The maximum absolute atomic E-state index is 4.67. The van der Waals surface area contributed by atoms with E-state index >= 15 is 0 Å². The number of anilines is 1. The van der Waals surface area contributed by atoms with Crippen LogP contribution in [0.1, 0.15) is 37.4 Å². The molecule has 112 valence electrons. The summed E-state index contributed by atoms with van der Waals surface area (Å²) in [7, 11) is 0. The summed E-state index contributed by atoms with van der Waals surface area (Å²) in [5.74, 6) is 1.76. The second kappa shape index (κ2) is 7.90. The van der Waals surface area contributed by atoms with Crippen LogP contribution in [0.2, 0.25) is 0 Å². The van der Waals surface area contributed by atoms with E-state index in [2.05, 4.69) is 73.1 Å². The summed E-state index contributed by atoms with van der Waals surface area (Å²) in [5.41, 5.74) is 2.26. The zero-order valence-electron chi connectivity index (χ0n) is 12.3. The fourth-order valence-electron chi connectivity index (χ4n) is 2.00. The Morgan fingerprint density at radius 1 is 1.05 bits per heavy atom. The van der Waals surface area contributed by atoms with Crippen LogP contribution in [0, 0.1) is 0 Å². The molecule has 0 amide bonds. The third kappa shape index (κ3) is 4.51. The molecule has 1 aromatic heterocycles. The number of aryl methyl sites for hydroxylation is 1. The van der Waals surface area contributed by atoms with Crippen LogP contribution in [0.25, 0.3) is 0 Å². The lowest BCUT2D eigenvalue weighted by molar-refractivity contribution is 0.883. The normalized spacial score (nSPS) is 10.7. The van der Waals surface area contributed by atoms with E-state index < -0.39 is 0 Å². The van der Waals surface area contributed by atoms with E-state index in [1.807, 2.05) is 12.1 Å². The van der Waals surface area contributed by atoms with Crippen molar-refractivity contribution < 1.29 is 0 Å². The number of rotatable bonds is 6. The Bertz CT molecular complexity index is 597.